The van der Waals surface area contributed by atoms with Crippen LogP contribution in [0.25, 0.3) is 21.5 Å². The number of fused-ring (bicyclic) bond motifs is 3. The molecule has 0 saturated heterocycles. The van der Waals surface area contributed by atoms with Crippen molar-refractivity contribution in [3.63, 3.8) is 0 Å². The quantitative estimate of drug-likeness (QED) is 0.534. The van der Waals surface area contributed by atoms with Gasteiger partial charge in [0.2, 0.25) is 5.91 Å². The first-order chi connectivity index (χ1) is 10.3. The van der Waals surface area contributed by atoms with Gasteiger partial charge in [-0.25, -0.2) is 0 Å². The van der Waals surface area contributed by atoms with Crippen molar-refractivity contribution in [1.29, 1.82) is 0 Å². The monoisotopic (exact) mass is 273 g/mol. The van der Waals surface area contributed by atoms with Gasteiger partial charge >= 0.3 is 0 Å². The van der Waals surface area contributed by atoms with Crippen LogP contribution in [0.4, 0.5) is 0 Å². The molecular weight excluding hydrogens is 258 g/mol. The van der Waals surface area contributed by atoms with Gasteiger partial charge in [0.25, 0.3) is 0 Å². The molecule has 0 aromatic heterocycles. The molecule has 0 spiro atoms. The molecule has 0 aliphatic rings. The molecule has 0 heterocycles. The number of amides is 1. The Morgan fingerprint density at radius 1 is 1.00 bits per heavy atom. The summed E-state index contributed by atoms with van der Waals surface area (Å²) in [5, 5.41) is 7.46. The SMILES string of the molecule is CC(=O)NCC#Cc1cc2ccccc2c2ccccc12. The van der Waals surface area contributed by atoms with Crippen LogP contribution in [-0.4, -0.2) is 12.5 Å². The van der Waals surface area contributed by atoms with Gasteiger partial charge in [0, 0.05) is 12.5 Å². The molecular formula is C19H15NO. The number of rotatable bonds is 1. The normalized spacial score (nSPS) is 10.1. The van der Waals surface area contributed by atoms with E-state index in [4.69, 9.17) is 0 Å². The van der Waals surface area contributed by atoms with Crippen molar-refractivity contribution in [3.05, 3.63) is 60.2 Å². The Labute approximate surface area is 123 Å². The van der Waals surface area contributed by atoms with Crippen molar-refractivity contribution in [2.45, 2.75) is 6.92 Å². The average Bonchev–Trinajstić information content (AvgIpc) is 2.51. The molecule has 0 saturated carbocycles. The molecule has 3 aromatic rings. The molecule has 0 unspecified atom stereocenters. The fourth-order valence-electron chi connectivity index (χ4n) is 2.47. The number of carbonyl (C=O) groups is 1. The standard InChI is InChI=1S/C19H15NO/c1-14(21)20-12-6-8-16-13-15-7-2-3-9-17(15)19-11-5-4-10-18(16)19/h2-5,7,9-11,13H,12H2,1H3,(H,20,21). The Morgan fingerprint density at radius 3 is 2.43 bits per heavy atom. The molecule has 0 bridgehead atoms. The molecule has 0 aliphatic carbocycles. The van der Waals surface area contributed by atoms with Crippen LogP contribution in [0.3, 0.4) is 0 Å². The third-order valence-electron chi connectivity index (χ3n) is 3.42. The van der Waals surface area contributed by atoms with Crippen molar-refractivity contribution < 1.29 is 4.79 Å². The van der Waals surface area contributed by atoms with Crippen molar-refractivity contribution in [2.24, 2.45) is 0 Å². The molecule has 2 nitrogen and oxygen atoms in total. The summed E-state index contributed by atoms with van der Waals surface area (Å²) in [4.78, 5) is 10.9. The summed E-state index contributed by atoms with van der Waals surface area (Å²) in [7, 11) is 0. The largest absolute Gasteiger partial charge is 0.345 e. The lowest BCUT2D eigenvalue weighted by Crippen LogP contribution is -2.19. The maximum atomic E-state index is 10.9. The summed E-state index contributed by atoms with van der Waals surface area (Å²) < 4.78 is 0. The van der Waals surface area contributed by atoms with E-state index in [-0.39, 0.29) is 5.91 Å². The lowest BCUT2D eigenvalue weighted by molar-refractivity contribution is -0.118. The van der Waals surface area contributed by atoms with Crippen LogP contribution in [0, 0.1) is 11.8 Å². The Hall–Kier alpha value is -2.79. The first-order valence-corrected chi connectivity index (χ1v) is 6.89. The molecule has 2 heteroatoms. The summed E-state index contributed by atoms with van der Waals surface area (Å²) in [5.41, 5.74) is 0.995. The topological polar surface area (TPSA) is 29.1 Å². The van der Waals surface area contributed by atoms with E-state index in [1.807, 2.05) is 18.2 Å². The van der Waals surface area contributed by atoms with Gasteiger partial charge < -0.3 is 5.32 Å². The van der Waals surface area contributed by atoms with Crippen molar-refractivity contribution in [1.82, 2.24) is 5.32 Å². The Balaban J connectivity index is 2.14. The van der Waals surface area contributed by atoms with Crippen LogP contribution in [-0.2, 0) is 4.79 Å². The summed E-state index contributed by atoms with van der Waals surface area (Å²) in [5.74, 6) is 6.12. The zero-order chi connectivity index (χ0) is 14.7. The highest BCUT2D eigenvalue weighted by atomic mass is 16.1. The van der Waals surface area contributed by atoms with Gasteiger partial charge in [-0.15, -0.1) is 0 Å². The maximum absolute atomic E-state index is 10.9. The Morgan fingerprint density at radius 2 is 1.67 bits per heavy atom. The lowest BCUT2D eigenvalue weighted by Gasteiger charge is -2.06. The van der Waals surface area contributed by atoms with Gasteiger partial charge in [-0.2, -0.15) is 0 Å². The van der Waals surface area contributed by atoms with Crippen LogP contribution in [0.2, 0.25) is 0 Å². The van der Waals surface area contributed by atoms with Gasteiger partial charge in [0.05, 0.1) is 6.54 Å². The molecule has 0 atom stereocenters. The van der Waals surface area contributed by atoms with E-state index < -0.39 is 0 Å². The highest BCUT2D eigenvalue weighted by Gasteiger charge is 2.03. The third kappa shape index (κ3) is 2.73. The number of hydrogen-bond acceptors (Lipinski definition) is 1. The van der Waals surface area contributed by atoms with Crippen LogP contribution in [0.1, 0.15) is 12.5 Å². The number of nitrogens with one attached hydrogen (secondary N) is 1. The molecule has 3 rings (SSSR count). The molecule has 1 N–H and O–H groups in total. The first-order valence-electron chi connectivity index (χ1n) is 6.89. The van der Waals surface area contributed by atoms with Crippen LogP contribution in [0.5, 0.6) is 0 Å². The second kappa shape index (κ2) is 5.68. The van der Waals surface area contributed by atoms with Crippen molar-refractivity contribution in [3.8, 4) is 11.8 Å². The molecule has 1 amide bonds. The lowest BCUT2D eigenvalue weighted by atomic mass is 9.97. The van der Waals surface area contributed by atoms with E-state index in [0.717, 1.165) is 10.9 Å². The molecule has 102 valence electrons. The minimum Gasteiger partial charge on any atom is -0.345 e. The molecule has 3 aromatic carbocycles. The van der Waals surface area contributed by atoms with Crippen LogP contribution < -0.4 is 5.32 Å². The molecule has 21 heavy (non-hydrogen) atoms. The van der Waals surface area contributed by atoms with Gasteiger partial charge in [0.1, 0.15) is 0 Å². The number of hydrogen-bond donors (Lipinski definition) is 1. The Kier molecular flexibility index (Phi) is 3.57. The smallest absolute Gasteiger partial charge is 0.217 e. The minimum absolute atomic E-state index is 0.0623. The van der Waals surface area contributed by atoms with Crippen molar-refractivity contribution >= 4 is 27.5 Å². The molecule has 0 radical (unpaired) electrons. The zero-order valence-corrected chi connectivity index (χ0v) is 11.8. The minimum atomic E-state index is -0.0623. The summed E-state index contributed by atoms with van der Waals surface area (Å²) in [6.07, 6.45) is 0. The molecule has 0 aliphatic heterocycles. The Bertz CT molecular complexity index is 884. The second-order valence-corrected chi connectivity index (χ2v) is 4.90. The van der Waals surface area contributed by atoms with Gasteiger partial charge in [-0.1, -0.05) is 60.4 Å². The summed E-state index contributed by atoms with van der Waals surface area (Å²) >= 11 is 0. The van der Waals surface area contributed by atoms with E-state index in [2.05, 4.69) is 53.6 Å². The van der Waals surface area contributed by atoms with Crippen LogP contribution in [0.15, 0.2) is 54.6 Å². The molecule has 0 fully saturated rings. The van der Waals surface area contributed by atoms with E-state index in [1.54, 1.807) is 0 Å². The highest BCUT2D eigenvalue weighted by Crippen LogP contribution is 2.28. The second-order valence-electron chi connectivity index (χ2n) is 4.90. The summed E-state index contributed by atoms with van der Waals surface area (Å²) in [6, 6.07) is 18.7. The van der Waals surface area contributed by atoms with Gasteiger partial charge in [0.15, 0.2) is 0 Å². The van der Waals surface area contributed by atoms with E-state index in [1.165, 1.54) is 23.1 Å². The van der Waals surface area contributed by atoms with E-state index >= 15 is 0 Å². The fourth-order valence-corrected chi connectivity index (χ4v) is 2.47. The van der Waals surface area contributed by atoms with Crippen molar-refractivity contribution in [2.75, 3.05) is 6.54 Å². The first kappa shape index (κ1) is 13.2. The number of carbonyl (C=O) groups excluding carboxylic acids is 1. The van der Waals surface area contributed by atoms with Gasteiger partial charge in [-0.3, -0.25) is 4.79 Å². The summed E-state index contributed by atoms with van der Waals surface area (Å²) in [6.45, 7) is 1.86. The maximum Gasteiger partial charge on any atom is 0.217 e. The zero-order valence-electron chi connectivity index (χ0n) is 11.8. The van der Waals surface area contributed by atoms with Gasteiger partial charge in [-0.05, 0) is 27.6 Å². The predicted octanol–water partition coefficient (Wildman–Crippen LogP) is 3.48. The van der Waals surface area contributed by atoms with Crippen LogP contribution >= 0.6 is 0 Å². The predicted molar refractivity (Wildman–Crippen MR) is 87.0 cm³/mol. The third-order valence-corrected chi connectivity index (χ3v) is 3.42. The number of benzene rings is 3. The highest BCUT2D eigenvalue weighted by molar-refractivity contribution is 6.09. The average molecular weight is 273 g/mol. The van der Waals surface area contributed by atoms with E-state index in [0.29, 0.717) is 6.54 Å². The van der Waals surface area contributed by atoms with E-state index in [9.17, 15) is 4.79 Å². The fraction of sp³-hybridized carbons (Fsp3) is 0.105.